The Balaban J connectivity index is 1.72. The summed E-state index contributed by atoms with van der Waals surface area (Å²) in [5, 5.41) is 3.28. The number of hydrogen-bond acceptors (Lipinski definition) is 6. The molecule has 6 heteroatoms. The highest BCUT2D eigenvalue weighted by Crippen LogP contribution is 2.06. The van der Waals surface area contributed by atoms with E-state index in [2.05, 4.69) is 27.1 Å². The molecule has 21 heavy (non-hydrogen) atoms. The van der Waals surface area contributed by atoms with Crippen LogP contribution in [0.2, 0.25) is 0 Å². The van der Waals surface area contributed by atoms with Crippen LogP contribution in [0.5, 0.6) is 0 Å². The van der Waals surface area contributed by atoms with Crippen LogP contribution < -0.4 is 5.32 Å². The zero-order chi connectivity index (χ0) is 15.1. The van der Waals surface area contributed by atoms with Crippen molar-refractivity contribution < 1.29 is 9.53 Å². The first-order valence-electron chi connectivity index (χ1n) is 7.47. The van der Waals surface area contributed by atoms with Crippen molar-refractivity contribution in [2.75, 3.05) is 58.2 Å². The predicted molar refractivity (Wildman–Crippen MR) is 82.6 cm³/mol. The minimum Gasteiger partial charge on any atom is -0.462 e. The molecule has 1 aromatic rings. The number of rotatable bonds is 6. The van der Waals surface area contributed by atoms with E-state index in [1.807, 2.05) is 6.07 Å². The zero-order valence-electron chi connectivity index (χ0n) is 12.8. The highest BCUT2D eigenvalue weighted by atomic mass is 16.5. The Labute approximate surface area is 126 Å². The summed E-state index contributed by atoms with van der Waals surface area (Å²) in [5.74, 6) is 0.464. The lowest BCUT2D eigenvalue weighted by Crippen LogP contribution is -2.45. The Morgan fingerprint density at radius 2 is 2.10 bits per heavy atom. The first-order valence-corrected chi connectivity index (χ1v) is 7.47. The number of piperazine rings is 1. The van der Waals surface area contributed by atoms with E-state index in [1.165, 1.54) is 0 Å². The summed E-state index contributed by atoms with van der Waals surface area (Å²) in [6, 6.07) is 3.55. The molecule has 2 rings (SSSR count). The second-order valence-corrected chi connectivity index (χ2v) is 5.22. The molecule has 0 atom stereocenters. The maximum Gasteiger partial charge on any atom is 0.339 e. The van der Waals surface area contributed by atoms with E-state index in [9.17, 15) is 4.79 Å². The Bertz CT molecular complexity index is 441. The lowest BCUT2D eigenvalue weighted by Gasteiger charge is -2.32. The molecule has 0 aliphatic carbocycles. The summed E-state index contributed by atoms with van der Waals surface area (Å²) in [4.78, 5) is 20.5. The molecule has 6 nitrogen and oxygen atoms in total. The Hall–Kier alpha value is -1.66. The van der Waals surface area contributed by atoms with Gasteiger partial charge in [0, 0.05) is 45.5 Å². The number of hydrogen-bond donors (Lipinski definition) is 1. The summed E-state index contributed by atoms with van der Waals surface area (Å²) in [6.45, 7) is 8.54. The molecule has 116 valence electrons. The van der Waals surface area contributed by atoms with Gasteiger partial charge < -0.3 is 15.0 Å². The smallest absolute Gasteiger partial charge is 0.339 e. The minimum atomic E-state index is -0.325. The molecule has 2 heterocycles. The highest BCUT2D eigenvalue weighted by Gasteiger charge is 2.13. The van der Waals surface area contributed by atoms with E-state index < -0.39 is 0 Å². The summed E-state index contributed by atoms with van der Waals surface area (Å²) >= 11 is 0. The Morgan fingerprint density at radius 3 is 2.71 bits per heavy atom. The third-order valence-electron chi connectivity index (χ3n) is 3.60. The van der Waals surface area contributed by atoms with E-state index in [1.54, 1.807) is 19.2 Å². The number of likely N-dealkylation sites (N-methyl/N-ethyl adjacent to an activating group) is 1. The summed E-state index contributed by atoms with van der Waals surface area (Å²) in [5.41, 5.74) is 0.487. The first-order chi connectivity index (χ1) is 10.2. The quantitative estimate of drug-likeness (QED) is 0.787. The number of carbonyl (C=O) groups is 1. The maximum absolute atomic E-state index is 11.5. The molecule has 0 bridgehead atoms. The molecule has 1 aliphatic rings. The van der Waals surface area contributed by atoms with Gasteiger partial charge >= 0.3 is 5.97 Å². The molecule has 1 saturated heterocycles. The van der Waals surface area contributed by atoms with Gasteiger partial charge in [-0.3, -0.25) is 4.90 Å². The predicted octanol–water partition coefficient (Wildman–Crippen LogP) is 0.918. The molecule has 1 fully saturated rings. The van der Waals surface area contributed by atoms with Crippen LogP contribution in [0.3, 0.4) is 0 Å². The minimum absolute atomic E-state index is 0.325. The molecule has 0 unspecified atom stereocenters. The lowest BCUT2D eigenvalue weighted by molar-refractivity contribution is 0.0526. The fourth-order valence-electron chi connectivity index (χ4n) is 2.25. The highest BCUT2D eigenvalue weighted by molar-refractivity contribution is 5.89. The molecule has 0 saturated carbocycles. The number of carbonyl (C=O) groups excluding carboxylic acids is 1. The SMILES string of the molecule is CCOC(=O)c1ccc(NCCN2CCN(C)CC2)nc1. The number of pyridine rings is 1. The third-order valence-corrected chi connectivity index (χ3v) is 3.60. The number of nitrogens with one attached hydrogen (secondary N) is 1. The maximum atomic E-state index is 11.5. The van der Waals surface area contributed by atoms with Crippen molar-refractivity contribution in [3.8, 4) is 0 Å². The molecule has 0 aromatic carbocycles. The molecular weight excluding hydrogens is 268 g/mol. The van der Waals surface area contributed by atoms with E-state index in [0.29, 0.717) is 12.2 Å². The lowest BCUT2D eigenvalue weighted by atomic mass is 10.3. The molecular formula is C15H24N4O2. The van der Waals surface area contributed by atoms with Gasteiger partial charge in [0.2, 0.25) is 0 Å². The molecule has 0 spiro atoms. The van der Waals surface area contributed by atoms with Gasteiger partial charge in [-0.25, -0.2) is 9.78 Å². The van der Waals surface area contributed by atoms with Crippen LogP contribution in [0.25, 0.3) is 0 Å². The summed E-state index contributed by atoms with van der Waals surface area (Å²) < 4.78 is 4.93. The molecule has 0 radical (unpaired) electrons. The first kappa shape index (κ1) is 15.7. The second kappa shape index (κ2) is 7.95. The fraction of sp³-hybridized carbons (Fsp3) is 0.600. The van der Waals surface area contributed by atoms with Gasteiger partial charge in [-0.1, -0.05) is 0 Å². The number of aromatic nitrogens is 1. The molecule has 1 aromatic heterocycles. The average Bonchev–Trinajstić information content (AvgIpc) is 2.50. The number of nitrogens with zero attached hydrogens (tertiary/aromatic N) is 3. The number of anilines is 1. The van der Waals surface area contributed by atoms with Gasteiger partial charge in [-0.2, -0.15) is 0 Å². The standard InChI is InChI=1S/C15H24N4O2/c1-3-21-15(20)13-4-5-14(17-12-13)16-6-7-19-10-8-18(2)9-11-19/h4-5,12H,3,6-11H2,1-2H3,(H,16,17). The Morgan fingerprint density at radius 1 is 1.33 bits per heavy atom. The topological polar surface area (TPSA) is 57.7 Å². The molecule has 1 N–H and O–H groups in total. The van der Waals surface area contributed by atoms with Gasteiger partial charge in [0.15, 0.2) is 0 Å². The summed E-state index contributed by atoms with van der Waals surface area (Å²) in [6.07, 6.45) is 1.55. The largest absolute Gasteiger partial charge is 0.462 e. The average molecular weight is 292 g/mol. The van der Waals surface area contributed by atoms with Gasteiger partial charge in [0.1, 0.15) is 5.82 Å². The zero-order valence-corrected chi connectivity index (χ0v) is 12.8. The van der Waals surface area contributed by atoms with Crippen LogP contribution in [0.4, 0.5) is 5.82 Å². The Kier molecular flexibility index (Phi) is 5.95. The molecule has 0 amide bonds. The number of esters is 1. The van der Waals surface area contributed by atoms with Crippen LogP contribution in [-0.2, 0) is 4.74 Å². The van der Waals surface area contributed by atoms with Crippen LogP contribution in [0.15, 0.2) is 18.3 Å². The van der Waals surface area contributed by atoms with Gasteiger partial charge in [-0.05, 0) is 26.1 Å². The monoisotopic (exact) mass is 292 g/mol. The van der Waals surface area contributed by atoms with E-state index in [0.717, 1.165) is 45.1 Å². The second-order valence-electron chi connectivity index (χ2n) is 5.22. The van der Waals surface area contributed by atoms with Crippen molar-refractivity contribution in [3.05, 3.63) is 23.9 Å². The van der Waals surface area contributed by atoms with Crippen LogP contribution in [-0.4, -0.2) is 73.7 Å². The van der Waals surface area contributed by atoms with Gasteiger partial charge in [0.05, 0.1) is 12.2 Å². The normalized spacial score (nSPS) is 16.7. The van der Waals surface area contributed by atoms with Crippen molar-refractivity contribution in [3.63, 3.8) is 0 Å². The van der Waals surface area contributed by atoms with Crippen molar-refractivity contribution >= 4 is 11.8 Å². The fourth-order valence-corrected chi connectivity index (χ4v) is 2.25. The van der Waals surface area contributed by atoms with Gasteiger partial charge in [0.25, 0.3) is 0 Å². The van der Waals surface area contributed by atoms with Crippen LogP contribution in [0, 0.1) is 0 Å². The van der Waals surface area contributed by atoms with Crippen molar-refractivity contribution in [2.45, 2.75) is 6.92 Å². The van der Waals surface area contributed by atoms with Gasteiger partial charge in [-0.15, -0.1) is 0 Å². The van der Waals surface area contributed by atoms with Crippen molar-refractivity contribution in [1.29, 1.82) is 0 Å². The summed E-state index contributed by atoms with van der Waals surface area (Å²) in [7, 11) is 2.16. The van der Waals surface area contributed by atoms with E-state index in [4.69, 9.17) is 4.74 Å². The van der Waals surface area contributed by atoms with Crippen LogP contribution >= 0.6 is 0 Å². The van der Waals surface area contributed by atoms with Crippen LogP contribution in [0.1, 0.15) is 17.3 Å². The van der Waals surface area contributed by atoms with E-state index in [-0.39, 0.29) is 5.97 Å². The number of ether oxygens (including phenoxy) is 1. The van der Waals surface area contributed by atoms with E-state index >= 15 is 0 Å². The molecule has 1 aliphatic heterocycles. The third kappa shape index (κ3) is 4.99. The van der Waals surface area contributed by atoms with Crippen molar-refractivity contribution in [2.24, 2.45) is 0 Å². The van der Waals surface area contributed by atoms with Crippen molar-refractivity contribution in [1.82, 2.24) is 14.8 Å².